The zero-order valence-electron chi connectivity index (χ0n) is 14.0. The summed E-state index contributed by atoms with van der Waals surface area (Å²) in [6.45, 7) is 6.42. The zero-order chi connectivity index (χ0) is 16.6. The van der Waals surface area contributed by atoms with Crippen molar-refractivity contribution in [3.8, 4) is 0 Å². The number of fused-ring (bicyclic) bond motifs is 1. The smallest absolute Gasteiger partial charge is 0.0811 e. The van der Waals surface area contributed by atoms with E-state index in [-0.39, 0.29) is 12.0 Å². The molecule has 2 fully saturated rings. The molecule has 3 heteroatoms. The Labute approximate surface area is 138 Å². The molecular formula is C20H28O3. The van der Waals surface area contributed by atoms with Gasteiger partial charge in [0.25, 0.3) is 0 Å². The van der Waals surface area contributed by atoms with Crippen molar-refractivity contribution in [2.75, 3.05) is 6.61 Å². The predicted octanol–water partition coefficient (Wildman–Crippen LogP) is 3.04. The number of allylic oxidation sites excluding steroid dienone is 4. The van der Waals surface area contributed by atoms with E-state index in [1.807, 2.05) is 6.08 Å². The highest BCUT2D eigenvalue weighted by atomic mass is 16.3. The minimum atomic E-state index is -0.630. The number of rotatable bonds is 2. The van der Waals surface area contributed by atoms with E-state index in [1.165, 1.54) is 11.1 Å². The van der Waals surface area contributed by atoms with E-state index < -0.39 is 12.2 Å². The normalized spacial score (nSPS) is 41.3. The first-order valence-corrected chi connectivity index (χ1v) is 8.71. The minimum Gasteiger partial charge on any atom is -0.393 e. The van der Waals surface area contributed by atoms with Gasteiger partial charge in [-0.1, -0.05) is 37.3 Å². The van der Waals surface area contributed by atoms with Crippen molar-refractivity contribution in [2.24, 2.45) is 11.3 Å². The molecule has 0 aromatic carbocycles. The maximum atomic E-state index is 9.96. The molecule has 0 radical (unpaired) electrons. The molecule has 0 saturated heterocycles. The van der Waals surface area contributed by atoms with Crippen LogP contribution in [0.2, 0.25) is 0 Å². The van der Waals surface area contributed by atoms with Crippen LogP contribution in [0, 0.1) is 11.3 Å². The van der Waals surface area contributed by atoms with Crippen LogP contribution < -0.4 is 0 Å². The Morgan fingerprint density at radius 2 is 2.13 bits per heavy atom. The summed E-state index contributed by atoms with van der Waals surface area (Å²) in [6, 6.07) is 0. The van der Waals surface area contributed by atoms with Crippen molar-refractivity contribution >= 4 is 0 Å². The molecule has 0 spiro atoms. The van der Waals surface area contributed by atoms with Crippen LogP contribution in [-0.2, 0) is 0 Å². The topological polar surface area (TPSA) is 60.7 Å². The van der Waals surface area contributed by atoms with Gasteiger partial charge in [0.15, 0.2) is 0 Å². The van der Waals surface area contributed by atoms with Gasteiger partial charge in [-0.05, 0) is 60.2 Å². The van der Waals surface area contributed by atoms with Gasteiger partial charge in [0.05, 0.1) is 18.8 Å². The average Bonchev–Trinajstić information content (AvgIpc) is 2.86. The van der Waals surface area contributed by atoms with Gasteiger partial charge in [0, 0.05) is 6.42 Å². The third-order valence-corrected chi connectivity index (χ3v) is 6.15. The third-order valence-electron chi connectivity index (χ3n) is 6.15. The molecule has 4 unspecified atom stereocenters. The Hall–Kier alpha value is -1.16. The van der Waals surface area contributed by atoms with E-state index in [0.717, 1.165) is 36.8 Å². The molecule has 0 heterocycles. The molecule has 3 aliphatic rings. The van der Waals surface area contributed by atoms with Crippen LogP contribution in [0.4, 0.5) is 0 Å². The summed E-state index contributed by atoms with van der Waals surface area (Å²) >= 11 is 0. The van der Waals surface area contributed by atoms with Gasteiger partial charge in [-0.2, -0.15) is 0 Å². The summed E-state index contributed by atoms with van der Waals surface area (Å²) in [7, 11) is 0. The molecule has 3 nitrogen and oxygen atoms in total. The Morgan fingerprint density at radius 3 is 2.87 bits per heavy atom. The van der Waals surface area contributed by atoms with E-state index >= 15 is 0 Å². The third kappa shape index (κ3) is 2.98. The summed E-state index contributed by atoms with van der Waals surface area (Å²) < 4.78 is 0. The predicted molar refractivity (Wildman–Crippen MR) is 91.8 cm³/mol. The molecule has 3 aliphatic carbocycles. The van der Waals surface area contributed by atoms with Crippen molar-refractivity contribution in [3.63, 3.8) is 0 Å². The van der Waals surface area contributed by atoms with Gasteiger partial charge < -0.3 is 15.3 Å². The highest BCUT2D eigenvalue weighted by Crippen LogP contribution is 2.54. The molecule has 3 rings (SSSR count). The Bertz CT molecular complexity index is 584. The van der Waals surface area contributed by atoms with E-state index in [0.29, 0.717) is 18.8 Å². The SMILES string of the molecule is C=C1/C(=C\C=C2/CCCC3(C)C(CO)=CCC23)CC(O)CC1O. The van der Waals surface area contributed by atoms with E-state index in [9.17, 15) is 15.3 Å². The van der Waals surface area contributed by atoms with Crippen LogP contribution in [0.1, 0.15) is 45.4 Å². The Kier molecular flexibility index (Phi) is 4.63. The summed E-state index contributed by atoms with van der Waals surface area (Å²) in [5.74, 6) is 0.474. The van der Waals surface area contributed by atoms with Crippen molar-refractivity contribution in [3.05, 3.63) is 47.1 Å². The molecule has 4 atom stereocenters. The minimum absolute atomic E-state index is 0.0972. The second kappa shape index (κ2) is 6.39. The fraction of sp³-hybridized carbons (Fsp3) is 0.600. The number of aliphatic hydroxyl groups excluding tert-OH is 3. The highest BCUT2D eigenvalue weighted by Gasteiger charge is 2.44. The molecule has 126 valence electrons. The van der Waals surface area contributed by atoms with Gasteiger partial charge >= 0.3 is 0 Å². The van der Waals surface area contributed by atoms with Crippen LogP contribution in [0.15, 0.2) is 47.1 Å². The lowest BCUT2D eigenvalue weighted by atomic mass is 9.64. The second-order valence-corrected chi connectivity index (χ2v) is 7.51. The van der Waals surface area contributed by atoms with Gasteiger partial charge in [-0.15, -0.1) is 0 Å². The lowest BCUT2D eigenvalue weighted by Gasteiger charge is -2.40. The van der Waals surface area contributed by atoms with Gasteiger partial charge in [-0.25, -0.2) is 0 Å². The number of hydrogen-bond donors (Lipinski definition) is 3. The fourth-order valence-corrected chi connectivity index (χ4v) is 4.62. The lowest BCUT2D eigenvalue weighted by molar-refractivity contribution is 0.0862. The fourth-order valence-electron chi connectivity index (χ4n) is 4.62. The highest BCUT2D eigenvalue weighted by molar-refractivity contribution is 5.40. The number of hydrogen-bond acceptors (Lipinski definition) is 3. The summed E-state index contributed by atoms with van der Waals surface area (Å²) in [5, 5.41) is 29.4. The molecule has 0 aromatic heterocycles. The van der Waals surface area contributed by atoms with Crippen molar-refractivity contribution in [2.45, 2.75) is 57.7 Å². The van der Waals surface area contributed by atoms with E-state index in [4.69, 9.17) is 0 Å². The first kappa shape index (κ1) is 16.7. The summed E-state index contributed by atoms with van der Waals surface area (Å²) in [6.07, 6.45) is 10.7. The van der Waals surface area contributed by atoms with Crippen LogP contribution in [0.3, 0.4) is 0 Å². The first-order chi connectivity index (χ1) is 11.0. The maximum absolute atomic E-state index is 9.96. The largest absolute Gasteiger partial charge is 0.393 e. The molecule has 0 bridgehead atoms. The van der Waals surface area contributed by atoms with Crippen LogP contribution in [0.5, 0.6) is 0 Å². The lowest BCUT2D eigenvalue weighted by Crippen LogP contribution is -2.31. The van der Waals surface area contributed by atoms with E-state index in [2.05, 4.69) is 25.7 Å². The Morgan fingerprint density at radius 1 is 1.35 bits per heavy atom. The van der Waals surface area contributed by atoms with Crippen molar-refractivity contribution < 1.29 is 15.3 Å². The zero-order valence-corrected chi connectivity index (χ0v) is 14.0. The quantitative estimate of drug-likeness (QED) is 0.686. The molecule has 3 N–H and O–H groups in total. The first-order valence-electron chi connectivity index (χ1n) is 8.71. The van der Waals surface area contributed by atoms with Crippen LogP contribution in [0.25, 0.3) is 0 Å². The molecular weight excluding hydrogens is 288 g/mol. The van der Waals surface area contributed by atoms with Gasteiger partial charge in [-0.3, -0.25) is 0 Å². The van der Waals surface area contributed by atoms with Crippen LogP contribution >= 0.6 is 0 Å². The molecule has 0 aromatic rings. The van der Waals surface area contributed by atoms with Gasteiger partial charge in [0.1, 0.15) is 0 Å². The summed E-state index contributed by atoms with van der Waals surface area (Å²) in [4.78, 5) is 0. The maximum Gasteiger partial charge on any atom is 0.0811 e. The second-order valence-electron chi connectivity index (χ2n) is 7.51. The molecule has 0 aliphatic heterocycles. The van der Waals surface area contributed by atoms with Crippen molar-refractivity contribution in [1.82, 2.24) is 0 Å². The van der Waals surface area contributed by atoms with Crippen LogP contribution in [-0.4, -0.2) is 34.1 Å². The Balaban J connectivity index is 1.83. The molecule has 23 heavy (non-hydrogen) atoms. The standard InChI is InChI=1S/C20H28O3/c1-13-15(10-17(22)11-19(13)23)6-5-14-4-3-9-20(2)16(12-21)7-8-18(14)20/h5-7,17-19,21-23H,1,3-4,8-12H2,2H3/b14-5+,15-6-. The molecule has 2 saturated carbocycles. The monoisotopic (exact) mass is 316 g/mol. The van der Waals surface area contributed by atoms with Gasteiger partial charge in [0.2, 0.25) is 0 Å². The number of aliphatic hydroxyl groups is 3. The molecule has 0 amide bonds. The van der Waals surface area contributed by atoms with Crippen molar-refractivity contribution in [1.29, 1.82) is 0 Å². The summed E-state index contributed by atoms with van der Waals surface area (Å²) in [5.41, 5.74) is 4.41. The van der Waals surface area contributed by atoms with E-state index in [1.54, 1.807) is 0 Å². The average molecular weight is 316 g/mol.